The Kier molecular flexibility index (Phi) is 8.32. The van der Waals surface area contributed by atoms with Crippen molar-refractivity contribution < 1.29 is 9.47 Å². The van der Waals surface area contributed by atoms with Crippen molar-refractivity contribution in [3.8, 4) is 11.5 Å². The van der Waals surface area contributed by atoms with Crippen molar-refractivity contribution in [3.05, 3.63) is 41.2 Å². The molecular weight excluding hydrogens is 491 g/mol. The molecule has 0 fully saturated rings. The summed E-state index contributed by atoms with van der Waals surface area (Å²) >= 11 is 35.2. The van der Waals surface area contributed by atoms with E-state index in [1.165, 1.54) is 0 Å². The van der Waals surface area contributed by atoms with Gasteiger partial charge < -0.3 is 9.47 Å². The van der Waals surface area contributed by atoms with Crippen LogP contribution in [0, 0.1) is 0 Å². The summed E-state index contributed by atoms with van der Waals surface area (Å²) in [5.74, 6) is 1.08. The number of hydrogen-bond acceptors (Lipinski definition) is 5. The number of methoxy groups -OCH3 is 1. The zero-order valence-electron chi connectivity index (χ0n) is 14.7. The normalized spacial score (nSPS) is 12.4. The predicted molar refractivity (Wildman–Crippen MR) is 116 cm³/mol. The van der Waals surface area contributed by atoms with Crippen molar-refractivity contribution in [1.29, 1.82) is 0 Å². The van der Waals surface area contributed by atoms with Gasteiger partial charge in [0.05, 0.1) is 13.7 Å². The van der Waals surface area contributed by atoms with Gasteiger partial charge in [0.25, 0.3) is 0 Å². The number of ether oxygens (including phenoxy) is 2. The third-order valence-electron chi connectivity index (χ3n) is 3.23. The van der Waals surface area contributed by atoms with E-state index in [1.807, 2.05) is 13.0 Å². The second-order valence-corrected chi connectivity index (χ2v) is 9.99. The molecule has 0 saturated heterocycles. The van der Waals surface area contributed by atoms with Crippen LogP contribution in [0.2, 0.25) is 0 Å². The summed E-state index contributed by atoms with van der Waals surface area (Å²) in [6.07, 6.45) is 4.19. The number of hydrogen-bond donors (Lipinski definition) is 0. The summed E-state index contributed by atoms with van der Waals surface area (Å²) in [6, 6.07) is 5.45. The van der Waals surface area contributed by atoms with E-state index >= 15 is 0 Å². The molecule has 11 heteroatoms. The minimum atomic E-state index is -1.91. The smallest absolute Gasteiger partial charge is 0.250 e. The van der Waals surface area contributed by atoms with Crippen molar-refractivity contribution in [3.63, 3.8) is 0 Å². The van der Waals surface area contributed by atoms with Gasteiger partial charge in [0, 0.05) is 0 Å². The summed E-state index contributed by atoms with van der Waals surface area (Å²) < 4.78 is 7.18. The number of nitrogens with zero attached hydrogens (tertiary/aromatic N) is 3. The molecular formula is C17H15Cl6N3O2. The molecule has 0 atom stereocenters. The zero-order valence-corrected chi connectivity index (χ0v) is 19.3. The van der Waals surface area contributed by atoms with Gasteiger partial charge in [0.2, 0.25) is 7.59 Å². The van der Waals surface area contributed by atoms with Crippen LogP contribution in [0.1, 0.15) is 36.4 Å². The van der Waals surface area contributed by atoms with Crippen LogP contribution in [0.5, 0.6) is 11.5 Å². The fourth-order valence-corrected chi connectivity index (χ4v) is 2.52. The maximum absolute atomic E-state index is 5.86. The van der Waals surface area contributed by atoms with Crippen LogP contribution in [0.25, 0.3) is 12.2 Å². The highest BCUT2D eigenvalue weighted by Gasteiger charge is 2.33. The summed E-state index contributed by atoms with van der Waals surface area (Å²) in [5, 5.41) is 0. The molecule has 0 bridgehead atoms. The fourth-order valence-electron chi connectivity index (χ4n) is 2.01. The second-order valence-electron chi connectivity index (χ2n) is 5.43. The Bertz CT molecular complexity index is 818. The standard InChI is InChI=1S/C17H15Cl6N3O2/c1-3-8-28-11-6-4-10(9-12(11)27-2)5-7-13-24-14(16(18,19)20)26-15(25-13)17(21,22)23/h4-7,9H,3,8H2,1-2H3/b7-5+. The molecule has 1 heterocycles. The molecule has 0 aliphatic rings. The molecule has 0 spiro atoms. The van der Waals surface area contributed by atoms with E-state index in [2.05, 4.69) is 15.0 Å². The van der Waals surface area contributed by atoms with Gasteiger partial charge in [-0.05, 0) is 30.2 Å². The van der Waals surface area contributed by atoms with Crippen molar-refractivity contribution >= 4 is 81.8 Å². The minimum absolute atomic E-state index is 0.155. The van der Waals surface area contributed by atoms with E-state index in [0.717, 1.165) is 12.0 Å². The topological polar surface area (TPSA) is 57.1 Å². The first-order valence-electron chi connectivity index (χ1n) is 7.94. The highest BCUT2D eigenvalue weighted by atomic mass is 35.6. The summed E-state index contributed by atoms with van der Waals surface area (Å²) in [7, 11) is 1.56. The third kappa shape index (κ3) is 6.68. The van der Waals surface area contributed by atoms with E-state index in [-0.39, 0.29) is 17.5 Å². The molecule has 2 rings (SSSR count). The summed E-state index contributed by atoms with van der Waals surface area (Å²) in [6.45, 7) is 2.62. The van der Waals surface area contributed by atoms with Crippen molar-refractivity contribution in [1.82, 2.24) is 15.0 Å². The molecule has 28 heavy (non-hydrogen) atoms. The lowest BCUT2D eigenvalue weighted by Gasteiger charge is -2.14. The maximum atomic E-state index is 5.86. The number of rotatable bonds is 6. The quantitative estimate of drug-likeness (QED) is 0.420. The Morgan fingerprint density at radius 2 is 1.50 bits per heavy atom. The molecule has 0 amide bonds. The molecule has 152 valence electrons. The van der Waals surface area contributed by atoms with Gasteiger partial charge in [0.1, 0.15) is 0 Å². The number of aromatic nitrogens is 3. The average Bonchev–Trinajstić information content (AvgIpc) is 2.63. The lowest BCUT2D eigenvalue weighted by molar-refractivity contribution is 0.294. The van der Waals surface area contributed by atoms with Crippen LogP contribution < -0.4 is 9.47 Å². The van der Waals surface area contributed by atoms with E-state index in [0.29, 0.717) is 18.1 Å². The fraction of sp³-hybridized carbons (Fsp3) is 0.353. The Morgan fingerprint density at radius 1 is 0.893 bits per heavy atom. The lowest BCUT2D eigenvalue weighted by Crippen LogP contribution is -2.16. The number of halogens is 6. The van der Waals surface area contributed by atoms with Crippen LogP contribution in [-0.4, -0.2) is 28.7 Å². The van der Waals surface area contributed by atoms with Gasteiger partial charge in [0.15, 0.2) is 29.0 Å². The van der Waals surface area contributed by atoms with Gasteiger partial charge in [-0.25, -0.2) is 15.0 Å². The van der Waals surface area contributed by atoms with Crippen LogP contribution in [0.15, 0.2) is 18.2 Å². The number of alkyl halides is 6. The molecule has 5 nitrogen and oxygen atoms in total. The molecule has 0 aliphatic carbocycles. The molecule has 0 N–H and O–H groups in total. The van der Waals surface area contributed by atoms with E-state index in [4.69, 9.17) is 79.1 Å². The minimum Gasteiger partial charge on any atom is -0.493 e. The van der Waals surface area contributed by atoms with E-state index < -0.39 is 7.59 Å². The molecule has 1 aromatic carbocycles. The van der Waals surface area contributed by atoms with Crippen molar-refractivity contribution in [2.24, 2.45) is 0 Å². The van der Waals surface area contributed by atoms with Gasteiger partial charge in [-0.2, -0.15) is 0 Å². The number of benzene rings is 1. The molecule has 0 saturated carbocycles. The first-order chi connectivity index (χ1) is 13.0. The Balaban J connectivity index is 2.37. The Hall–Kier alpha value is -0.690. The second kappa shape index (κ2) is 9.88. The molecule has 1 aromatic heterocycles. The Labute approximate surface area is 192 Å². The highest BCUT2D eigenvalue weighted by molar-refractivity contribution is 6.67. The van der Waals surface area contributed by atoms with Crippen LogP contribution in [0.4, 0.5) is 0 Å². The van der Waals surface area contributed by atoms with Gasteiger partial charge in [-0.15, -0.1) is 0 Å². The van der Waals surface area contributed by atoms with Gasteiger partial charge >= 0.3 is 0 Å². The van der Waals surface area contributed by atoms with Crippen molar-refractivity contribution in [2.45, 2.75) is 20.9 Å². The van der Waals surface area contributed by atoms with Crippen molar-refractivity contribution in [2.75, 3.05) is 13.7 Å². The summed E-state index contributed by atoms with van der Waals surface area (Å²) in [5.41, 5.74) is 0.798. The maximum Gasteiger partial charge on any atom is 0.250 e. The van der Waals surface area contributed by atoms with Crippen LogP contribution >= 0.6 is 69.6 Å². The molecule has 2 aromatic rings. The van der Waals surface area contributed by atoms with Crippen LogP contribution in [0.3, 0.4) is 0 Å². The van der Waals surface area contributed by atoms with E-state index in [9.17, 15) is 0 Å². The first kappa shape index (κ1) is 23.6. The largest absolute Gasteiger partial charge is 0.493 e. The van der Waals surface area contributed by atoms with Gasteiger partial charge in [-0.1, -0.05) is 88.7 Å². The third-order valence-corrected chi connectivity index (χ3v) is 4.25. The molecule has 0 radical (unpaired) electrons. The Morgan fingerprint density at radius 3 is 2.00 bits per heavy atom. The lowest BCUT2D eigenvalue weighted by atomic mass is 10.2. The van der Waals surface area contributed by atoms with Crippen LogP contribution in [-0.2, 0) is 7.59 Å². The molecule has 0 unspecified atom stereocenters. The SMILES string of the molecule is CCCOc1ccc(/C=C/c2nc(C(Cl)(Cl)Cl)nc(C(Cl)(Cl)Cl)n2)cc1OC. The monoisotopic (exact) mass is 503 g/mol. The van der Waals surface area contributed by atoms with E-state index in [1.54, 1.807) is 31.4 Å². The van der Waals surface area contributed by atoms with Gasteiger partial charge in [-0.3, -0.25) is 0 Å². The first-order valence-corrected chi connectivity index (χ1v) is 10.2. The highest BCUT2D eigenvalue weighted by Crippen LogP contribution is 2.40. The summed E-state index contributed by atoms with van der Waals surface area (Å²) in [4.78, 5) is 12.1. The molecule has 0 aliphatic heterocycles. The average molecular weight is 506 g/mol. The zero-order chi connectivity index (χ0) is 20.9. The predicted octanol–water partition coefficient (Wildman–Crippen LogP) is 6.49.